The summed E-state index contributed by atoms with van der Waals surface area (Å²) in [6, 6.07) is 10.5. The maximum absolute atomic E-state index is 12.9. The van der Waals surface area contributed by atoms with Crippen LogP contribution < -0.4 is 10.8 Å². The molecule has 8 heteroatoms. The van der Waals surface area contributed by atoms with Gasteiger partial charge in [-0.1, -0.05) is 32.0 Å². The maximum atomic E-state index is 12.9. The third-order valence-electron chi connectivity index (χ3n) is 5.24. The molecule has 0 spiro atoms. The molecule has 2 N–H and O–H groups in total. The topological polar surface area (TPSA) is 84.9 Å². The fraction of sp³-hybridized carbons (Fsp3) is 0.364. The highest BCUT2D eigenvalue weighted by molar-refractivity contribution is 7.98. The van der Waals surface area contributed by atoms with Crippen LogP contribution >= 0.6 is 11.8 Å². The number of nitrogens with one attached hydrogen (secondary N) is 1. The number of hydrogen-bond donors (Lipinski definition) is 2. The summed E-state index contributed by atoms with van der Waals surface area (Å²) in [5.41, 5.74) is 3.44. The van der Waals surface area contributed by atoms with Crippen molar-refractivity contribution in [2.45, 2.75) is 44.9 Å². The van der Waals surface area contributed by atoms with Gasteiger partial charge in [-0.3, -0.25) is 4.79 Å². The Morgan fingerprint density at radius 3 is 2.57 bits per heavy atom. The SMILES string of the molecule is CSc1ccc(COC(=O)[C@@H](NC(=O)c2ccc3c(c2C)B(O)OC3)C(C)C)cc1. The third kappa shape index (κ3) is 4.88. The van der Waals surface area contributed by atoms with Gasteiger partial charge in [-0.15, -0.1) is 11.8 Å². The minimum Gasteiger partial charge on any atom is -0.459 e. The molecule has 2 aromatic rings. The van der Waals surface area contributed by atoms with Gasteiger partial charge in [-0.05, 0) is 59.4 Å². The second-order valence-electron chi connectivity index (χ2n) is 7.63. The molecular weight excluding hydrogens is 401 g/mol. The predicted octanol–water partition coefficient (Wildman–Crippen LogP) is 2.43. The first-order valence-corrected chi connectivity index (χ1v) is 11.1. The van der Waals surface area contributed by atoms with Crippen molar-refractivity contribution in [2.24, 2.45) is 5.92 Å². The fourth-order valence-electron chi connectivity index (χ4n) is 3.44. The highest BCUT2D eigenvalue weighted by Crippen LogP contribution is 2.18. The van der Waals surface area contributed by atoms with Crippen LogP contribution in [0.2, 0.25) is 0 Å². The van der Waals surface area contributed by atoms with Crippen molar-refractivity contribution in [3.05, 3.63) is 58.7 Å². The quantitative estimate of drug-likeness (QED) is 0.401. The van der Waals surface area contributed by atoms with E-state index in [1.807, 2.05) is 44.4 Å². The third-order valence-corrected chi connectivity index (χ3v) is 5.98. The van der Waals surface area contributed by atoms with Crippen LogP contribution in [0.15, 0.2) is 41.3 Å². The molecule has 1 heterocycles. The molecular formula is C22H26BNO5S. The Bertz CT molecular complexity index is 932. The highest BCUT2D eigenvalue weighted by Gasteiger charge is 2.32. The van der Waals surface area contributed by atoms with E-state index in [-0.39, 0.29) is 18.4 Å². The van der Waals surface area contributed by atoms with Crippen molar-refractivity contribution in [2.75, 3.05) is 6.26 Å². The number of fused-ring (bicyclic) bond motifs is 1. The normalized spacial score (nSPS) is 13.9. The second-order valence-corrected chi connectivity index (χ2v) is 8.50. The van der Waals surface area contributed by atoms with E-state index in [0.29, 0.717) is 23.2 Å². The molecule has 6 nitrogen and oxygen atoms in total. The van der Waals surface area contributed by atoms with E-state index in [1.165, 1.54) is 0 Å². The summed E-state index contributed by atoms with van der Waals surface area (Å²) in [7, 11) is -1.03. The maximum Gasteiger partial charge on any atom is 0.492 e. The zero-order valence-corrected chi connectivity index (χ0v) is 18.4. The molecule has 1 amide bonds. The summed E-state index contributed by atoms with van der Waals surface area (Å²) in [4.78, 5) is 26.7. The van der Waals surface area contributed by atoms with E-state index >= 15 is 0 Å². The van der Waals surface area contributed by atoms with Crippen molar-refractivity contribution in [3.63, 3.8) is 0 Å². The summed E-state index contributed by atoms with van der Waals surface area (Å²) < 4.78 is 10.7. The molecule has 0 saturated heterocycles. The van der Waals surface area contributed by atoms with Gasteiger partial charge in [0.05, 0.1) is 6.61 Å². The van der Waals surface area contributed by atoms with Gasteiger partial charge in [0.25, 0.3) is 5.91 Å². The molecule has 0 bridgehead atoms. The second kappa shape index (κ2) is 9.68. The van der Waals surface area contributed by atoms with E-state index < -0.39 is 19.1 Å². The summed E-state index contributed by atoms with van der Waals surface area (Å²) in [6.07, 6.45) is 2.00. The molecule has 158 valence electrons. The lowest BCUT2D eigenvalue weighted by Crippen LogP contribution is -2.46. The highest BCUT2D eigenvalue weighted by atomic mass is 32.2. The number of carbonyl (C=O) groups excluding carboxylic acids is 2. The Morgan fingerprint density at radius 2 is 1.93 bits per heavy atom. The van der Waals surface area contributed by atoms with Gasteiger partial charge in [-0.25, -0.2) is 4.79 Å². The Morgan fingerprint density at radius 1 is 1.23 bits per heavy atom. The molecule has 0 fully saturated rings. The van der Waals surface area contributed by atoms with Crippen LogP contribution in [0.25, 0.3) is 0 Å². The number of rotatable bonds is 7. The molecule has 30 heavy (non-hydrogen) atoms. The van der Waals surface area contributed by atoms with Crippen molar-refractivity contribution in [1.82, 2.24) is 5.32 Å². The van der Waals surface area contributed by atoms with Crippen LogP contribution in [0.4, 0.5) is 0 Å². The fourth-order valence-corrected chi connectivity index (χ4v) is 3.84. The van der Waals surface area contributed by atoms with Crippen molar-refractivity contribution in [1.29, 1.82) is 0 Å². The van der Waals surface area contributed by atoms with Crippen LogP contribution in [-0.2, 0) is 27.4 Å². The summed E-state index contributed by atoms with van der Waals surface area (Å²) >= 11 is 1.65. The zero-order chi connectivity index (χ0) is 21.8. The van der Waals surface area contributed by atoms with E-state index in [2.05, 4.69) is 5.32 Å². The first kappa shape index (κ1) is 22.4. The van der Waals surface area contributed by atoms with E-state index in [1.54, 1.807) is 30.8 Å². The molecule has 0 aliphatic carbocycles. The average molecular weight is 427 g/mol. The summed E-state index contributed by atoms with van der Waals surface area (Å²) in [6.45, 7) is 5.94. The molecule has 0 saturated carbocycles. The van der Waals surface area contributed by atoms with Gasteiger partial charge < -0.3 is 19.7 Å². The minimum atomic E-state index is -1.03. The molecule has 1 aliphatic rings. The number of thioether (sulfide) groups is 1. The number of ether oxygens (including phenoxy) is 1. The Labute approximate surface area is 181 Å². The van der Waals surface area contributed by atoms with E-state index in [9.17, 15) is 14.6 Å². The molecule has 1 atom stereocenters. The Balaban J connectivity index is 1.68. The molecule has 1 aliphatic heterocycles. The standard InChI is InChI=1S/C22H26BNO5S/c1-13(2)20(22(26)28-11-15-5-8-17(30-4)9-6-15)24-21(25)18-10-7-16-12-29-23(27)19(16)14(18)3/h5-10,13,20,27H,11-12H2,1-4H3,(H,24,25)/t20-/m0/s1. The lowest BCUT2D eigenvalue weighted by atomic mass is 9.75. The lowest BCUT2D eigenvalue weighted by molar-refractivity contribution is -0.148. The monoisotopic (exact) mass is 427 g/mol. The van der Waals surface area contributed by atoms with Crippen molar-refractivity contribution in [3.8, 4) is 0 Å². The van der Waals surface area contributed by atoms with Gasteiger partial charge in [0.2, 0.25) is 0 Å². The summed E-state index contributed by atoms with van der Waals surface area (Å²) in [5.74, 6) is -1.01. The molecule has 2 aromatic carbocycles. The van der Waals surface area contributed by atoms with Gasteiger partial charge >= 0.3 is 13.1 Å². The number of amides is 1. The van der Waals surface area contributed by atoms with Crippen LogP contribution in [-0.4, -0.2) is 36.3 Å². The number of hydrogen-bond acceptors (Lipinski definition) is 6. The molecule has 3 rings (SSSR count). The van der Waals surface area contributed by atoms with Gasteiger partial charge in [0.1, 0.15) is 12.6 Å². The predicted molar refractivity (Wildman–Crippen MR) is 118 cm³/mol. The molecule has 0 radical (unpaired) electrons. The number of benzene rings is 2. The van der Waals surface area contributed by atoms with Crippen molar-refractivity contribution < 1.29 is 24.0 Å². The van der Waals surface area contributed by atoms with E-state index in [4.69, 9.17) is 9.39 Å². The first-order valence-electron chi connectivity index (χ1n) is 9.84. The van der Waals surface area contributed by atoms with Gasteiger partial charge in [0, 0.05) is 10.5 Å². The molecule has 0 aromatic heterocycles. The summed E-state index contributed by atoms with van der Waals surface area (Å²) in [5, 5.41) is 12.8. The van der Waals surface area contributed by atoms with Crippen LogP contribution in [0.3, 0.4) is 0 Å². The minimum absolute atomic E-state index is 0.147. The smallest absolute Gasteiger partial charge is 0.459 e. The number of esters is 1. The Kier molecular flexibility index (Phi) is 7.23. The van der Waals surface area contributed by atoms with Crippen molar-refractivity contribution >= 4 is 36.2 Å². The number of carbonyl (C=O) groups is 2. The molecule has 0 unspecified atom stereocenters. The van der Waals surface area contributed by atoms with Gasteiger partial charge in [0.15, 0.2) is 0 Å². The first-order chi connectivity index (χ1) is 14.3. The van der Waals surface area contributed by atoms with E-state index in [0.717, 1.165) is 16.0 Å². The largest absolute Gasteiger partial charge is 0.492 e. The average Bonchev–Trinajstić information content (AvgIpc) is 3.12. The lowest BCUT2D eigenvalue weighted by Gasteiger charge is -2.22. The van der Waals surface area contributed by atoms with Crippen LogP contribution in [0, 0.1) is 12.8 Å². The van der Waals surface area contributed by atoms with Crippen LogP contribution in [0.5, 0.6) is 0 Å². The zero-order valence-electron chi connectivity index (χ0n) is 17.6. The van der Waals surface area contributed by atoms with Gasteiger partial charge in [-0.2, -0.15) is 0 Å². The Hall–Kier alpha value is -2.29. The van der Waals surface area contributed by atoms with Crippen LogP contribution in [0.1, 0.15) is 40.9 Å².